The van der Waals surface area contributed by atoms with Crippen molar-refractivity contribution < 1.29 is 22.7 Å². The molecule has 250 valence electrons. The Hall–Kier alpha value is -4.34. The van der Waals surface area contributed by atoms with Gasteiger partial charge in [-0.25, -0.2) is 18.2 Å². The van der Waals surface area contributed by atoms with Gasteiger partial charge in [0.25, 0.3) is 5.91 Å². The van der Waals surface area contributed by atoms with Gasteiger partial charge in [-0.3, -0.25) is 4.79 Å². The Bertz CT molecular complexity index is 2000. The summed E-state index contributed by atoms with van der Waals surface area (Å²) in [6.07, 6.45) is 7.19. The second-order valence-corrected chi connectivity index (χ2v) is 15.7. The second-order valence-electron chi connectivity index (χ2n) is 13.8. The molecule has 1 saturated heterocycles. The van der Waals surface area contributed by atoms with Crippen LogP contribution in [0.4, 0.5) is 5.69 Å². The van der Waals surface area contributed by atoms with Crippen LogP contribution in [0.1, 0.15) is 91.2 Å². The maximum absolute atomic E-state index is 13.8. The first-order chi connectivity index (χ1) is 22.9. The highest BCUT2D eigenvalue weighted by Crippen LogP contribution is 2.37. The number of esters is 1. The molecule has 2 aliphatic rings. The summed E-state index contributed by atoms with van der Waals surface area (Å²) in [6, 6.07) is 20.9. The summed E-state index contributed by atoms with van der Waals surface area (Å²) in [5.74, 6) is -1.15. The second kappa shape index (κ2) is 13.6. The van der Waals surface area contributed by atoms with E-state index in [9.17, 15) is 18.0 Å². The molecule has 0 spiro atoms. The number of benzene rings is 3. The number of pyridine rings is 1. The van der Waals surface area contributed by atoms with Crippen molar-refractivity contribution in [1.82, 2.24) is 9.29 Å². The van der Waals surface area contributed by atoms with E-state index in [2.05, 4.69) is 56.4 Å². The highest BCUT2D eigenvalue weighted by Gasteiger charge is 2.29. The van der Waals surface area contributed by atoms with Crippen LogP contribution < -0.4 is 5.32 Å². The number of piperidine rings is 1. The molecule has 0 radical (unpaired) electrons. The molecule has 0 atom stereocenters. The summed E-state index contributed by atoms with van der Waals surface area (Å²) in [5, 5.41) is 3.40. The molecule has 9 heteroatoms. The number of ether oxygens (including phenoxy) is 1. The average Bonchev–Trinajstić information content (AvgIpc) is 3.07. The van der Waals surface area contributed by atoms with E-state index in [-0.39, 0.29) is 10.3 Å². The molecule has 0 bridgehead atoms. The number of sulfonamides is 1. The van der Waals surface area contributed by atoms with Crippen molar-refractivity contribution in [2.24, 2.45) is 0 Å². The average molecular weight is 666 g/mol. The molecular weight excluding hydrogens is 623 g/mol. The first kappa shape index (κ1) is 33.6. The molecule has 2 heterocycles. The first-order valence-corrected chi connectivity index (χ1v) is 18.2. The minimum Gasteiger partial charge on any atom is -0.452 e. The van der Waals surface area contributed by atoms with Crippen molar-refractivity contribution in [3.8, 4) is 0 Å². The summed E-state index contributed by atoms with van der Waals surface area (Å²) >= 11 is 0. The molecular formula is C39H43N3O5S. The van der Waals surface area contributed by atoms with Gasteiger partial charge in [-0.05, 0) is 96.5 Å². The molecule has 1 N–H and O–H groups in total. The molecule has 1 amide bonds. The number of allylic oxidation sites excluding steroid dienone is 1. The van der Waals surface area contributed by atoms with Crippen LogP contribution in [0.3, 0.4) is 0 Å². The number of carbonyl (C=O) groups is 2. The zero-order chi connectivity index (χ0) is 34.1. The van der Waals surface area contributed by atoms with Gasteiger partial charge in [-0.2, -0.15) is 4.31 Å². The topological polar surface area (TPSA) is 106 Å². The van der Waals surface area contributed by atoms with Gasteiger partial charge in [0.05, 0.1) is 21.7 Å². The number of aromatic nitrogens is 1. The zero-order valence-corrected chi connectivity index (χ0v) is 29.0. The fraction of sp³-hybridized carbons (Fsp3) is 0.359. The molecule has 1 aliphatic carbocycles. The number of para-hydroxylation sites is 1. The van der Waals surface area contributed by atoms with Gasteiger partial charge in [-0.15, -0.1) is 0 Å². The minimum atomic E-state index is -3.69. The normalized spacial score (nSPS) is 16.5. The monoisotopic (exact) mass is 665 g/mol. The fourth-order valence-corrected chi connectivity index (χ4v) is 8.36. The number of nitrogens with one attached hydrogen (secondary N) is 1. The number of carbonyl (C=O) groups excluding carboxylic acids is 2. The van der Waals surface area contributed by atoms with Crippen molar-refractivity contribution in [3.63, 3.8) is 0 Å². The van der Waals surface area contributed by atoms with Crippen molar-refractivity contribution in [1.29, 1.82) is 0 Å². The molecule has 1 aromatic heterocycles. The van der Waals surface area contributed by atoms with Crippen LogP contribution in [0.2, 0.25) is 0 Å². The van der Waals surface area contributed by atoms with E-state index in [0.29, 0.717) is 47.2 Å². The first-order valence-electron chi connectivity index (χ1n) is 16.7. The van der Waals surface area contributed by atoms with Gasteiger partial charge in [0, 0.05) is 24.2 Å². The smallest absolute Gasteiger partial charge is 0.339 e. The SMILES string of the molecule is Cc1ccc(NC(=O)COC(=O)c2c3c(nc4ccccc24)/C(=C\c2ccc(C(C)(C)C)cc2)CCC3)cc1S(=O)(=O)N1CCCCC1. The summed E-state index contributed by atoms with van der Waals surface area (Å²) < 4.78 is 33.8. The maximum atomic E-state index is 13.8. The van der Waals surface area contributed by atoms with Crippen molar-refractivity contribution >= 4 is 50.1 Å². The number of hydrogen-bond donors (Lipinski definition) is 1. The molecule has 48 heavy (non-hydrogen) atoms. The predicted octanol–water partition coefficient (Wildman–Crippen LogP) is 7.69. The van der Waals surface area contributed by atoms with Crippen LogP contribution in [0.25, 0.3) is 22.6 Å². The number of amides is 1. The Morgan fingerprint density at radius 2 is 1.67 bits per heavy atom. The standard InChI is InChI=1S/C39H43N3O5S/c1-26-15-20-30(24-34(26)48(45,46)42-21-8-5-9-22-42)40-35(43)25-47-38(44)36-31-12-6-7-14-33(31)41-37-28(11-10-13-32(36)37)23-27-16-18-29(19-17-27)39(2,3)4/h6-7,12,14-20,23-24H,5,8-11,13,21-22,25H2,1-4H3,(H,40,43)/b28-23-. The molecule has 6 rings (SSSR count). The third-order valence-corrected chi connectivity index (χ3v) is 11.3. The maximum Gasteiger partial charge on any atom is 0.339 e. The van der Waals surface area contributed by atoms with Crippen molar-refractivity contribution in [3.05, 3.63) is 100 Å². The van der Waals surface area contributed by atoms with E-state index in [4.69, 9.17) is 9.72 Å². The lowest BCUT2D eigenvalue weighted by Crippen LogP contribution is -2.36. The van der Waals surface area contributed by atoms with Gasteiger partial charge < -0.3 is 10.1 Å². The largest absolute Gasteiger partial charge is 0.452 e. The van der Waals surface area contributed by atoms with Crippen LogP contribution in [-0.4, -0.2) is 49.3 Å². The number of nitrogens with zero attached hydrogens (tertiary/aromatic N) is 2. The van der Waals surface area contributed by atoms with Crippen LogP contribution >= 0.6 is 0 Å². The molecule has 3 aromatic carbocycles. The van der Waals surface area contributed by atoms with E-state index < -0.39 is 28.5 Å². The van der Waals surface area contributed by atoms with Crippen LogP contribution in [-0.2, 0) is 31.4 Å². The molecule has 8 nitrogen and oxygen atoms in total. The molecule has 1 aliphatic heterocycles. The van der Waals surface area contributed by atoms with Gasteiger partial charge in [0.2, 0.25) is 10.0 Å². The Kier molecular flexibility index (Phi) is 9.54. The lowest BCUT2D eigenvalue weighted by molar-refractivity contribution is -0.119. The molecule has 1 fully saturated rings. The van der Waals surface area contributed by atoms with E-state index in [1.54, 1.807) is 19.1 Å². The van der Waals surface area contributed by atoms with Crippen LogP contribution in [0.15, 0.2) is 71.6 Å². The number of aryl methyl sites for hydroxylation is 1. The van der Waals surface area contributed by atoms with E-state index >= 15 is 0 Å². The fourth-order valence-electron chi connectivity index (χ4n) is 6.59. The van der Waals surface area contributed by atoms with Crippen LogP contribution in [0.5, 0.6) is 0 Å². The summed E-state index contributed by atoms with van der Waals surface area (Å²) in [7, 11) is -3.69. The Labute approximate surface area is 283 Å². The predicted molar refractivity (Wildman–Crippen MR) is 190 cm³/mol. The van der Waals surface area contributed by atoms with E-state index in [0.717, 1.165) is 54.5 Å². The number of rotatable bonds is 7. The quantitative estimate of drug-likeness (QED) is 0.203. The highest BCUT2D eigenvalue weighted by molar-refractivity contribution is 7.89. The summed E-state index contributed by atoms with van der Waals surface area (Å²) in [6.45, 7) is 8.79. The van der Waals surface area contributed by atoms with E-state index in [1.165, 1.54) is 15.9 Å². The van der Waals surface area contributed by atoms with Gasteiger partial charge in [-0.1, -0.05) is 75.7 Å². The number of hydrogen-bond acceptors (Lipinski definition) is 6. The van der Waals surface area contributed by atoms with Crippen molar-refractivity contribution in [2.45, 2.75) is 76.5 Å². The summed E-state index contributed by atoms with van der Waals surface area (Å²) in [4.78, 5) is 31.9. The third-order valence-electron chi connectivity index (χ3n) is 9.23. The highest BCUT2D eigenvalue weighted by atomic mass is 32.2. The number of anilines is 1. The van der Waals surface area contributed by atoms with E-state index in [1.807, 2.05) is 24.3 Å². The molecule has 4 aromatic rings. The van der Waals surface area contributed by atoms with Crippen molar-refractivity contribution in [2.75, 3.05) is 25.0 Å². The van der Waals surface area contributed by atoms with Gasteiger partial charge >= 0.3 is 5.97 Å². The van der Waals surface area contributed by atoms with Gasteiger partial charge in [0.1, 0.15) is 0 Å². The lowest BCUT2D eigenvalue weighted by Gasteiger charge is -2.26. The molecule has 0 unspecified atom stereocenters. The summed E-state index contributed by atoms with van der Waals surface area (Å²) in [5.41, 5.74) is 7.13. The third kappa shape index (κ3) is 7.08. The zero-order valence-electron chi connectivity index (χ0n) is 28.1. The van der Waals surface area contributed by atoms with Gasteiger partial charge in [0.15, 0.2) is 6.61 Å². The Morgan fingerprint density at radius 1 is 0.938 bits per heavy atom. The number of fused-ring (bicyclic) bond motifs is 2. The Morgan fingerprint density at radius 3 is 2.40 bits per heavy atom. The lowest BCUT2D eigenvalue weighted by atomic mass is 9.85. The van der Waals surface area contributed by atoms with Crippen LogP contribution in [0, 0.1) is 6.92 Å². The minimum absolute atomic E-state index is 0.0618. The molecule has 0 saturated carbocycles. The Balaban J connectivity index is 1.23.